The Morgan fingerprint density at radius 2 is 1.79 bits per heavy atom. The van der Waals surface area contributed by atoms with Crippen molar-refractivity contribution >= 4 is 15.8 Å². The van der Waals surface area contributed by atoms with Gasteiger partial charge in [0.15, 0.2) is 9.84 Å². The van der Waals surface area contributed by atoms with Crippen molar-refractivity contribution in [3.8, 4) is 0 Å². The molecule has 0 radical (unpaired) electrons. The molecule has 0 unspecified atom stereocenters. The number of aliphatic carboxylic acids is 1. The van der Waals surface area contributed by atoms with Crippen LogP contribution in [-0.4, -0.2) is 30.5 Å². The van der Waals surface area contributed by atoms with Crippen LogP contribution in [-0.2, 0) is 14.6 Å². The van der Waals surface area contributed by atoms with Gasteiger partial charge in [-0.2, -0.15) is 0 Å². The molecule has 1 aliphatic carbocycles. The Hall–Kier alpha value is -0.580. The molecule has 0 aromatic heterocycles. The van der Waals surface area contributed by atoms with Gasteiger partial charge < -0.3 is 5.11 Å². The van der Waals surface area contributed by atoms with Crippen molar-refractivity contribution in [3.63, 3.8) is 0 Å². The minimum atomic E-state index is -2.96. The fourth-order valence-corrected chi connectivity index (χ4v) is 3.37. The molecule has 4 nitrogen and oxygen atoms in total. The lowest BCUT2D eigenvalue weighted by Crippen LogP contribution is -2.30. The maximum absolute atomic E-state index is 11.5. The predicted octanol–water partition coefficient (Wildman–Crippen LogP) is 1.06. The molecule has 0 amide bonds. The Morgan fingerprint density at radius 3 is 2.14 bits per heavy atom. The van der Waals surface area contributed by atoms with Gasteiger partial charge in [-0.3, -0.25) is 4.79 Å². The van der Waals surface area contributed by atoms with Crippen LogP contribution in [0.3, 0.4) is 0 Å². The van der Waals surface area contributed by atoms with E-state index in [0.717, 1.165) is 0 Å². The minimum absolute atomic E-state index is 0.162. The molecule has 0 saturated heterocycles. The summed E-state index contributed by atoms with van der Waals surface area (Å²) in [4.78, 5) is 10.6. The normalized spacial score (nSPS) is 28.6. The fourth-order valence-electron chi connectivity index (χ4n) is 1.90. The molecule has 14 heavy (non-hydrogen) atoms. The van der Waals surface area contributed by atoms with Crippen LogP contribution in [0.2, 0.25) is 0 Å². The molecule has 0 spiro atoms. The molecule has 1 N–H and O–H groups in total. The Labute approximate surface area is 84.2 Å². The first-order chi connectivity index (χ1) is 6.47. The quantitative estimate of drug-likeness (QED) is 0.772. The van der Waals surface area contributed by atoms with E-state index >= 15 is 0 Å². The molecule has 1 rings (SSSR count). The number of hydrogen-bond acceptors (Lipinski definition) is 3. The lowest BCUT2D eigenvalue weighted by Gasteiger charge is -2.25. The van der Waals surface area contributed by atoms with Crippen LogP contribution in [0.1, 0.15) is 32.6 Å². The van der Waals surface area contributed by atoms with E-state index in [1.54, 1.807) is 6.92 Å². The van der Waals surface area contributed by atoms with E-state index in [1.807, 2.05) is 0 Å². The highest BCUT2D eigenvalue weighted by molar-refractivity contribution is 7.92. The molecule has 0 heterocycles. The zero-order valence-corrected chi connectivity index (χ0v) is 9.09. The Morgan fingerprint density at radius 1 is 1.29 bits per heavy atom. The monoisotopic (exact) mass is 220 g/mol. The van der Waals surface area contributed by atoms with E-state index in [-0.39, 0.29) is 16.9 Å². The molecular formula is C9H16O4S. The number of carboxylic acid groups (broad SMARTS) is 1. The zero-order valence-electron chi connectivity index (χ0n) is 8.27. The Balaban J connectivity index is 2.56. The molecule has 82 valence electrons. The fraction of sp³-hybridized carbons (Fsp3) is 0.889. The van der Waals surface area contributed by atoms with Gasteiger partial charge in [-0.1, -0.05) is 6.92 Å². The van der Waals surface area contributed by atoms with E-state index in [9.17, 15) is 13.2 Å². The Kier molecular flexibility index (Phi) is 3.53. The maximum Gasteiger partial charge on any atom is 0.306 e. The second-order valence-electron chi connectivity index (χ2n) is 3.76. The van der Waals surface area contributed by atoms with E-state index in [0.29, 0.717) is 25.7 Å². The number of carboxylic acids is 1. The highest BCUT2D eigenvalue weighted by atomic mass is 32.2. The van der Waals surface area contributed by atoms with Crippen LogP contribution in [0, 0.1) is 5.92 Å². The van der Waals surface area contributed by atoms with Gasteiger partial charge in [0.25, 0.3) is 0 Å². The summed E-state index contributed by atoms with van der Waals surface area (Å²) in [6.45, 7) is 1.64. The molecular weight excluding hydrogens is 204 g/mol. The summed E-state index contributed by atoms with van der Waals surface area (Å²) in [5.74, 6) is -0.967. The summed E-state index contributed by atoms with van der Waals surface area (Å²) in [5, 5.41) is 8.43. The zero-order chi connectivity index (χ0) is 10.8. The third-order valence-electron chi connectivity index (χ3n) is 2.93. The summed E-state index contributed by atoms with van der Waals surface area (Å²) in [6, 6.07) is 0. The van der Waals surface area contributed by atoms with Crippen molar-refractivity contribution < 1.29 is 18.3 Å². The predicted molar refractivity (Wildman–Crippen MR) is 52.8 cm³/mol. The standard InChI is InChI=1S/C9H16O4S/c1-2-14(12,13)8-5-3-7(4-6-8)9(10)11/h7-8H,2-6H2,1H3,(H,10,11). The van der Waals surface area contributed by atoms with Gasteiger partial charge in [-0.05, 0) is 25.7 Å². The SMILES string of the molecule is CCS(=O)(=O)C1CCC(C(=O)O)CC1. The summed E-state index contributed by atoms with van der Waals surface area (Å²) in [5.41, 5.74) is 0. The van der Waals surface area contributed by atoms with Crippen LogP contribution >= 0.6 is 0 Å². The lowest BCUT2D eigenvalue weighted by molar-refractivity contribution is -0.142. The van der Waals surface area contributed by atoms with Crippen LogP contribution in [0.25, 0.3) is 0 Å². The number of hydrogen-bond donors (Lipinski definition) is 1. The smallest absolute Gasteiger partial charge is 0.306 e. The topological polar surface area (TPSA) is 71.4 Å². The summed E-state index contributed by atoms with van der Waals surface area (Å²) < 4.78 is 23.0. The van der Waals surface area contributed by atoms with Crippen LogP contribution in [0.15, 0.2) is 0 Å². The van der Waals surface area contributed by atoms with Crippen molar-refractivity contribution in [2.75, 3.05) is 5.75 Å². The number of rotatable bonds is 3. The molecule has 1 saturated carbocycles. The van der Waals surface area contributed by atoms with E-state index in [2.05, 4.69) is 0 Å². The first-order valence-corrected chi connectivity index (χ1v) is 6.63. The van der Waals surface area contributed by atoms with E-state index < -0.39 is 15.8 Å². The largest absolute Gasteiger partial charge is 0.481 e. The first-order valence-electron chi connectivity index (χ1n) is 4.91. The lowest BCUT2D eigenvalue weighted by atomic mass is 9.89. The van der Waals surface area contributed by atoms with Gasteiger partial charge in [-0.15, -0.1) is 0 Å². The highest BCUT2D eigenvalue weighted by Crippen LogP contribution is 2.28. The summed E-state index contributed by atoms with van der Waals surface area (Å²) in [6.07, 6.45) is 2.01. The van der Waals surface area contributed by atoms with Gasteiger partial charge in [0, 0.05) is 5.75 Å². The van der Waals surface area contributed by atoms with E-state index in [4.69, 9.17) is 5.11 Å². The second-order valence-corrected chi connectivity index (χ2v) is 6.33. The van der Waals surface area contributed by atoms with Gasteiger partial charge >= 0.3 is 5.97 Å². The minimum Gasteiger partial charge on any atom is -0.481 e. The molecule has 0 aliphatic heterocycles. The third-order valence-corrected chi connectivity index (χ3v) is 5.23. The number of carbonyl (C=O) groups is 1. The highest BCUT2D eigenvalue weighted by Gasteiger charge is 2.32. The average molecular weight is 220 g/mol. The average Bonchev–Trinajstić information content (AvgIpc) is 2.18. The third kappa shape index (κ3) is 2.47. The molecule has 1 fully saturated rings. The maximum atomic E-state index is 11.5. The van der Waals surface area contributed by atoms with Gasteiger partial charge in [0.05, 0.1) is 11.2 Å². The van der Waals surface area contributed by atoms with Gasteiger partial charge in [-0.25, -0.2) is 8.42 Å². The van der Waals surface area contributed by atoms with Crippen molar-refractivity contribution in [2.24, 2.45) is 5.92 Å². The van der Waals surface area contributed by atoms with E-state index in [1.165, 1.54) is 0 Å². The number of sulfone groups is 1. The molecule has 0 bridgehead atoms. The molecule has 0 aromatic carbocycles. The molecule has 0 aromatic rings. The van der Waals surface area contributed by atoms with Crippen molar-refractivity contribution in [1.29, 1.82) is 0 Å². The van der Waals surface area contributed by atoms with Crippen LogP contribution in [0.4, 0.5) is 0 Å². The van der Waals surface area contributed by atoms with Gasteiger partial charge in [0.1, 0.15) is 0 Å². The Bertz CT molecular complexity index is 299. The van der Waals surface area contributed by atoms with Gasteiger partial charge in [0.2, 0.25) is 0 Å². The molecule has 0 atom stereocenters. The van der Waals surface area contributed by atoms with Crippen molar-refractivity contribution in [2.45, 2.75) is 37.9 Å². The molecule has 1 aliphatic rings. The second kappa shape index (κ2) is 4.29. The summed E-state index contributed by atoms with van der Waals surface area (Å²) in [7, 11) is -2.96. The van der Waals surface area contributed by atoms with Crippen molar-refractivity contribution in [1.82, 2.24) is 0 Å². The summed E-state index contributed by atoms with van der Waals surface area (Å²) >= 11 is 0. The van der Waals surface area contributed by atoms with Crippen molar-refractivity contribution in [3.05, 3.63) is 0 Å². The molecule has 5 heteroatoms. The van der Waals surface area contributed by atoms with Crippen LogP contribution < -0.4 is 0 Å². The van der Waals surface area contributed by atoms with Crippen LogP contribution in [0.5, 0.6) is 0 Å². The first kappa shape index (κ1) is 11.5.